The highest BCUT2D eigenvalue weighted by molar-refractivity contribution is 9.10. The molecular formula is C13H17BrClN3O2. The molecule has 0 aliphatic rings. The van der Waals surface area contributed by atoms with Gasteiger partial charge in [0.05, 0.1) is 18.3 Å². The Bertz CT molecular complexity index is 508. The molecule has 0 spiro atoms. The normalized spacial score (nSPS) is 12.1. The maximum Gasteiger partial charge on any atom is 0.243 e. The SMILES string of the molecule is CC(C)[C@H](N)C(=O)NCC(=O)Nc1cc(Cl)ccc1Br. The van der Waals surface area contributed by atoms with Gasteiger partial charge in [0.25, 0.3) is 0 Å². The predicted octanol–water partition coefficient (Wildman–Crippen LogP) is 2.14. The minimum Gasteiger partial charge on any atom is -0.346 e. The van der Waals surface area contributed by atoms with Crippen LogP contribution in [-0.4, -0.2) is 24.4 Å². The second-order valence-corrected chi connectivity index (χ2v) is 5.95. The molecule has 0 heterocycles. The van der Waals surface area contributed by atoms with Crippen molar-refractivity contribution in [3.63, 3.8) is 0 Å². The Morgan fingerprint density at radius 1 is 1.40 bits per heavy atom. The summed E-state index contributed by atoms with van der Waals surface area (Å²) in [5.74, 6) is -0.683. The number of hydrogen-bond acceptors (Lipinski definition) is 3. The molecule has 0 fully saturated rings. The number of nitrogens with two attached hydrogens (primary N) is 1. The van der Waals surface area contributed by atoms with Crippen LogP contribution in [0.3, 0.4) is 0 Å². The average molecular weight is 363 g/mol. The molecule has 2 amide bonds. The molecule has 1 aromatic carbocycles. The van der Waals surface area contributed by atoms with Gasteiger partial charge >= 0.3 is 0 Å². The molecule has 0 saturated carbocycles. The minimum absolute atomic E-state index is 0.0140. The van der Waals surface area contributed by atoms with E-state index >= 15 is 0 Å². The summed E-state index contributed by atoms with van der Waals surface area (Å²) in [6.45, 7) is 3.54. The van der Waals surface area contributed by atoms with Crippen LogP contribution in [0.25, 0.3) is 0 Å². The highest BCUT2D eigenvalue weighted by Gasteiger charge is 2.17. The van der Waals surface area contributed by atoms with Crippen LogP contribution in [0.15, 0.2) is 22.7 Å². The maximum atomic E-state index is 11.7. The van der Waals surface area contributed by atoms with E-state index in [-0.39, 0.29) is 24.3 Å². The van der Waals surface area contributed by atoms with Crippen LogP contribution in [0.4, 0.5) is 5.69 Å². The van der Waals surface area contributed by atoms with Crippen LogP contribution in [0, 0.1) is 5.92 Å². The summed E-state index contributed by atoms with van der Waals surface area (Å²) in [6.07, 6.45) is 0. The van der Waals surface area contributed by atoms with Crippen molar-refractivity contribution >= 4 is 45.0 Å². The minimum atomic E-state index is -0.624. The lowest BCUT2D eigenvalue weighted by Gasteiger charge is -2.15. The molecule has 4 N–H and O–H groups in total. The highest BCUT2D eigenvalue weighted by atomic mass is 79.9. The Labute approximate surface area is 131 Å². The molecule has 1 atom stereocenters. The van der Waals surface area contributed by atoms with Gasteiger partial charge in [-0.1, -0.05) is 25.4 Å². The number of carbonyl (C=O) groups is 2. The summed E-state index contributed by atoms with van der Waals surface area (Å²) >= 11 is 9.15. The number of benzene rings is 1. The van der Waals surface area contributed by atoms with E-state index in [0.29, 0.717) is 15.2 Å². The molecular weight excluding hydrogens is 346 g/mol. The lowest BCUT2D eigenvalue weighted by atomic mass is 10.1. The van der Waals surface area contributed by atoms with Crippen molar-refractivity contribution < 1.29 is 9.59 Å². The third-order valence-electron chi connectivity index (χ3n) is 2.65. The Balaban J connectivity index is 2.52. The summed E-state index contributed by atoms with van der Waals surface area (Å²) in [5, 5.41) is 5.65. The van der Waals surface area contributed by atoms with Gasteiger partial charge in [0.15, 0.2) is 0 Å². The van der Waals surface area contributed by atoms with E-state index in [1.807, 2.05) is 13.8 Å². The second kappa shape index (κ2) is 7.61. The Morgan fingerprint density at radius 2 is 2.05 bits per heavy atom. The van der Waals surface area contributed by atoms with Crippen molar-refractivity contribution in [3.05, 3.63) is 27.7 Å². The van der Waals surface area contributed by atoms with Crippen molar-refractivity contribution in [2.75, 3.05) is 11.9 Å². The van der Waals surface area contributed by atoms with Crippen LogP contribution >= 0.6 is 27.5 Å². The second-order valence-electron chi connectivity index (χ2n) is 4.66. The number of rotatable bonds is 5. The largest absolute Gasteiger partial charge is 0.346 e. The number of halogens is 2. The average Bonchev–Trinajstić information content (AvgIpc) is 2.39. The van der Waals surface area contributed by atoms with E-state index in [4.69, 9.17) is 17.3 Å². The molecule has 0 aliphatic carbocycles. The Hall–Kier alpha value is -1.11. The van der Waals surface area contributed by atoms with Gasteiger partial charge in [-0.3, -0.25) is 9.59 Å². The van der Waals surface area contributed by atoms with Gasteiger partial charge in [-0.25, -0.2) is 0 Å². The predicted molar refractivity (Wildman–Crippen MR) is 83.6 cm³/mol. The van der Waals surface area contributed by atoms with Crippen molar-refractivity contribution in [2.24, 2.45) is 11.7 Å². The standard InChI is InChI=1S/C13H17BrClN3O2/c1-7(2)12(16)13(20)17-6-11(19)18-10-5-8(15)3-4-9(10)14/h3-5,7,12H,6,16H2,1-2H3,(H,17,20)(H,18,19)/t12-/m0/s1. The lowest BCUT2D eigenvalue weighted by molar-refractivity contribution is -0.125. The molecule has 0 radical (unpaired) electrons. The molecule has 1 aromatic rings. The first kappa shape index (κ1) is 16.9. The third kappa shape index (κ3) is 5.11. The van der Waals surface area contributed by atoms with E-state index < -0.39 is 6.04 Å². The van der Waals surface area contributed by atoms with Gasteiger partial charge in [-0.15, -0.1) is 0 Å². The first-order valence-electron chi connectivity index (χ1n) is 6.09. The van der Waals surface area contributed by atoms with Gasteiger partial charge < -0.3 is 16.4 Å². The van der Waals surface area contributed by atoms with E-state index in [9.17, 15) is 9.59 Å². The highest BCUT2D eigenvalue weighted by Crippen LogP contribution is 2.25. The molecule has 0 saturated heterocycles. The van der Waals surface area contributed by atoms with Crippen LogP contribution in [-0.2, 0) is 9.59 Å². The molecule has 0 unspecified atom stereocenters. The van der Waals surface area contributed by atoms with Gasteiger partial charge in [0, 0.05) is 9.50 Å². The molecule has 110 valence electrons. The fraction of sp³-hybridized carbons (Fsp3) is 0.385. The fourth-order valence-corrected chi connectivity index (χ4v) is 1.89. The van der Waals surface area contributed by atoms with Crippen LogP contribution < -0.4 is 16.4 Å². The molecule has 5 nitrogen and oxygen atoms in total. The topological polar surface area (TPSA) is 84.2 Å². The summed E-state index contributed by atoms with van der Waals surface area (Å²) in [6, 6.07) is 4.42. The zero-order chi connectivity index (χ0) is 15.3. The summed E-state index contributed by atoms with van der Waals surface area (Å²) in [4.78, 5) is 23.4. The van der Waals surface area contributed by atoms with E-state index in [1.54, 1.807) is 18.2 Å². The van der Waals surface area contributed by atoms with Crippen molar-refractivity contribution in [3.8, 4) is 0 Å². The van der Waals surface area contributed by atoms with Crippen molar-refractivity contribution in [1.29, 1.82) is 0 Å². The van der Waals surface area contributed by atoms with E-state index in [2.05, 4.69) is 26.6 Å². The lowest BCUT2D eigenvalue weighted by Crippen LogP contribution is -2.46. The van der Waals surface area contributed by atoms with E-state index in [0.717, 1.165) is 0 Å². The van der Waals surface area contributed by atoms with Crippen molar-refractivity contribution in [2.45, 2.75) is 19.9 Å². The molecule has 1 rings (SSSR count). The quantitative estimate of drug-likeness (QED) is 0.750. The molecule has 0 aromatic heterocycles. The number of carbonyl (C=O) groups excluding carboxylic acids is 2. The molecule has 0 aliphatic heterocycles. The summed E-state index contributed by atoms with van der Waals surface area (Å²) in [7, 11) is 0. The summed E-state index contributed by atoms with van der Waals surface area (Å²) < 4.78 is 0.709. The van der Waals surface area contributed by atoms with E-state index in [1.165, 1.54) is 0 Å². The number of hydrogen-bond donors (Lipinski definition) is 3. The molecule has 20 heavy (non-hydrogen) atoms. The van der Waals surface area contributed by atoms with Gasteiger partial charge in [-0.05, 0) is 40.0 Å². The first-order valence-corrected chi connectivity index (χ1v) is 7.26. The number of amides is 2. The molecule has 0 bridgehead atoms. The van der Waals surface area contributed by atoms with Gasteiger partial charge in [-0.2, -0.15) is 0 Å². The smallest absolute Gasteiger partial charge is 0.243 e. The molecule has 7 heteroatoms. The van der Waals surface area contributed by atoms with Crippen LogP contribution in [0.1, 0.15) is 13.8 Å². The summed E-state index contributed by atoms with van der Waals surface area (Å²) in [5.41, 5.74) is 6.22. The van der Waals surface area contributed by atoms with Gasteiger partial charge in [0.2, 0.25) is 11.8 Å². The first-order chi connectivity index (χ1) is 9.31. The Morgan fingerprint density at radius 3 is 2.65 bits per heavy atom. The number of nitrogens with one attached hydrogen (secondary N) is 2. The number of anilines is 1. The van der Waals surface area contributed by atoms with Gasteiger partial charge in [0.1, 0.15) is 0 Å². The van der Waals surface area contributed by atoms with Crippen molar-refractivity contribution in [1.82, 2.24) is 5.32 Å². The van der Waals surface area contributed by atoms with Crippen LogP contribution in [0.5, 0.6) is 0 Å². The van der Waals surface area contributed by atoms with Crippen LogP contribution in [0.2, 0.25) is 5.02 Å². The monoisotopic (exact) mass is 361 g/mol. The fourth-order valence-electron chi connectivity index (χ4n) is 1.38. The third-order valence-corrected chi connectivity index (χ3v) is 3.57. The zero-order valence-corrected chi connectivity index (χ0v) is 13.6. The Kier molecular flexibility index (Phi) is 6.45. The maximum absolute atomic E-state index is 11.7. The zero-order valence-electron chi connectivity index (χ0n) is 11.2.